The topological polar surface area (TPSA) is 71.1 Å². The average molecular weight is 176 g/mol. The van der Waals surface area contributed by atoms with Crippen LogP contribution >= 0.6 is 0 Å². The van der Waals surface area contributed by atoms with Gasteiger partial charge in [-0.05, 0) is 12.8 Å². The summed E-state index contributed by atoms with van der Waals surface area (Å²) in [7, 11) is 0. The molecule has 1 heterocycles. The first kappa shape index (κ1) is 8.95. The van der Waals surface area contributed by atoms with Crippen LogP contribution in [-0.2, 0) is 29.4 Å². The lowest BCUT2D eigenvalue weighted by Crippen LogP contribution is -2.12. The molecule has 1 fully saturated rings. The van der Waals surface area contributed by atoms with E-state index >= 15 is 0 Å². The molecule has 0 amide bonds. The molecule has 68 valence electrons. The van der Waals surface area contributed by atoms with Gasteiger partial charge in [-0.3, -0.25) is 9.78 Å². The number of carbonyl (C=O) groups excluding carboxylic acids is 2. The van der Waals surface area contributed by atoms with Crippen LogP contribution < -0.4 is 0 Å². The van der Waals surface area contributed by atoms with Gasteiger partial charge < -0.3 is 0 Å². The van der Waals surface area contributed by atoms with Gasteiger partial charge in [0.25, 0.3) is 0 Å². The zero-order valence-corrected chi connectivity index (χ0v) is 6.28. The maximum Gasteiger partial charge on any atom is 0.345 e. The molecule has 0 atom stereocenters. The molecular weight excluding hydrogens is 168 g/mol. The Balaban J connectivity index is 2.29. The summed E-state index contributed by atoms with van der Waals surface area (Å²) < 4.78 is 0. The SMILES string of the molecule is O=C1CCCCC(=O)OOOO1. The predicted octanol–water partition coefficient (Wildman–Crippen LogP) is 0.425. The lowest BCUT2D eigenvalue weighted by molar-refractivity contribution is -0.600. The molecular formula is C6H8O6. The first-order chi connectivity index (χ1) is 5.79. The second kappa shape index (κ2) is 4.68. The van der Waals surface area contributed by atoms with E-state index in [0.29, 0.717) is 12.8 Å². The fourth-order valence-corrected chi connectivity index (χ4v) is 0.726. The molecule has 0 aliphatic carbocycles. The van der Waals surface area contributed by atoms with Crippen LogP contribution in [0.1, 0.15) is 25.7 Å². The Labute approximate surface area is 68.1 Å². The average Bonchev–Trinajstić information content (AvgIpc) is 2.06. The number of hydrogen-bond acceptors (Lipinski definition) is 6. The summed E-state index contributed by atoms with van der Waals surface area (Å²) >= 11 is 0. The summed E-state index contributed by atoms with van der Waals surface area (Å²) in [5.41, 5.74) is 0. The molecule has 0 unspecified atom stereocenters. The normalized spacial score (nSPS) is 21.0. The summed E-state index contributed by atoms with van der Waals surface area (Å²) in [6, 6.07) is 0. The summed E-state index contributed by atoms with van der Waals surface area (Å²) in [4.78, 5) is 29.3. The Bertz CT molecular complexity index is 141. The number of hydrogen-bond donors (Lipinski definition) is 0. The van der Waals surface area contributed by atoms with Crippen LogP contribution in [0.3, 0.4) is 0 Å². The van der Waals surface area contributed by atoms with Crippen LogP contribution in [0.15, 0.2) is 0 Å². The first-order valence-corrected chi connectivity index (χ1v) is 3.52. The van der Waals surface area contributed by atoms with Gasteiger partial charge in [-0.1, -0.05) is 0 Å². The van der Waals surface area contributed by atoms with Gasteiger partial charge in [-0.25, -0.2) is 9.59 Å². The third-order valence-corrected chi connectivity index (χ3v) is 1.29. The lowest BCUT2D eigenvalue weighted by Gasteiger charge is -2.04. The van der Waals surface area contributed by atoms with E-state index in [2.05, 4.69) is 19.9 Å². The fourth-order valence-electron chi connectivity index (χ4n) is 0.726. The maximum absolute atomic E-state index is 10.6. The quantitative estimate of drug-likeness (QED) is 0.498. The summed E-state index contributed by atoms with van der Waals surface area (Å²) in [5, 5.41) is 7.60. The standard InChI is InChI=1S/C6H8O6/c7-5-3-1-2-4-6(8)10-12-11-9-5/h1-4H2. The number of rotatable bonds is 0. The Morgan fingerprint density at radius 1 is 0.833 bits per heavy atom. The highest BCUT2D eigenvalue weighted by Crippen LogP contribution is 2.05. The summed E-state index contributed by atoms with van der Waals surface area (Å²) in [5.74, 6) is -1.10. The molecule has 0 saturated carbocycles. The zero-order valence-electron chi connectivity index (χ0n) is 6.28. The molecule has 0 aromatic heterocycles. The van der Waals surface area contributed by atoms with Crippen LogP contribution in [0.5, 0.6) is 0 Å². The van der Waals surface area contributed by atoms with Crippen molar-refractivity contribution in [1.29, 1.82) is 0 Å². The van der Waals surface area contributed by atoms with E-state index in [4.69, 9.17) is 0 Å². The van der Waals surface area contributed by atoms with Crippen LogP contribution in [0.25, 0.3) is 0 Å². The van der Waals surface area contributed by atoms with Gasteiger partial charge >= 0.3 is 11.9 Å². The van der Waals surface area contributed by atoms with E-state index in [9.17, 15) is 9.59 Å². The molecule has 1 aliphatic heterocycles. The van der Waals surface area contributed by atoms with Crippen molar-refractivity contribution in [3.05, 3.63) is 0 Å². The first-order valence-electron chi connectivity index (χ1n) is 3.52. The van der Waals surface area contributed by atoms with Gasteiger partial charge in [0.15, 0.2) is 0 Å². The summed E-state index contributed by atoms with van der Waals surface area (Å²) in [6.07, 6.45) is 1.54. The third kappa shape index (κ3) is 3.31. The smallest absolute Gasteiger partial charge is 0.266 e. The van der Waals surface area contributed by atoms with Crippen molar-refractivity contribution in [3.8, 4) is 0 Å². The largest absolute Gasteiger partial charge is 0.345 e. The second-order valence-corrected chi connectivity index (χ2v) is 2.25. The molecule has 0 aromatic carbocycles. The zero-order chi connectivity index (χ0) is 8.81. The van der Waals surface area contributed by atoms with Crippen molar-refractivity contribution in [2.75, 3.05) is 0 Å². The van der Waals surface area contributed by atoms with Crippen molar-refractivity contribution in [2.24, 2.45) is 0 Å². The molecule has 0 radical (unpaired) electrons. The van der Waals surface area contributed by atoms with Gasteiger partial charge in [-0.2, -0.15) is 0 Å². The Kier molecular flexibility index (Phi) is 3.49. The van der Waals surface area contributed by atoms with Crippen LogP contribution in [0, 0.1) is 0 Å². The molecule has 0 spiro atoms. The second-order valence-electron chi connectivity index (χ2n) is 2.25. The minimum Gasteiger partial charge on any atom is -0.266 e. The molecule has 6 heteroatoms. The van der Waals surface area contributed by atoms with Gasteiger partial charge in [0.2, 0.25) is 0 Å². The van der Waals surface area contributed by atoms with Crippen LogP contribution in [0.2, 0.25) is 0 Å². The van der Waals surface area contributed by atoms with E-state index in [1.54, 1.807) is 0 Å². The Morgan fingerprint density at radius 2 is 1.25 bits per heavy atom. The van der Waals surface area contributed by atoms with Crippen LogP contribution in [-0.4, -0.2) is 11.9 Å². The van der Waals surface area contributed by atoms with E-state index in [-0.39, 0.29) is 12.8 Å². The van der Waals surface area contributed by atoms with E-state index in [1.807, 2.05) is 0 Å². The fraction of sp³-hybridized carbons (Fsp3) is 0.667. The van der Waals surface area contributed by atoms with Gasteiger partial charge in [0.05, 0.1) is 0 Å². The highest BCUT2D eigenvalue weighted by Gasteiger charge is 2.11. The minimum atomic E-state index is -0.548. The van der Waals surface area contributed by atoms with Crippen molar-refractivity contribution < 1.29 is 29.4 Å². The van der Waals surface area contributed by atoms with E-state index < -0.39 is 11.9 Å². The molecule has 1 rings (SSSR count). The van der Waals surface area contributed by atoms with Gasteiger partial charge in [0, 0.05) is 22.9 Å². The third-order valence-electron chi connectivity index (χ3n) is 1.29. The Hall–Kier alpha value is -1.14. The van der Waals surface area contributed by atoms with Crippen molar-refractivity contribution in [1.82, 2.24) is 0 Å². The van der Waals surface area contributed by atoms with Gasteiger partial charge in [-0.15, -0.1) is 0 Å². The highest BCUT2D eigenvalue weighted by atomic mass is 17.7. The molecule has 0 bridgehead atoms. The molecule has 6 nitrogen and oxygen atoms in total. The monoisotopic (exact) mass is 176 g/mol. The van der Waals surface area contributed by atoms with Crippen molar-refractivity contribution >= 4 is 11.9 Å². The lowest BCUT2D eigenvalue weighted by atomic mass is 10.2. The van der Waals surface area contributed by atoms with E-state index in [1.165, 1.54) is 0 Å². The molecule has 0 N–H and O–H groups in total. The molecule has 12 heavy (non-hydrogen) atoms. The van der Waals surface area contributed by atoms with E-state index in [0.717, 1.165) is 0 Å². The van der Waals surface area contributed by atoms with Gasteiger partial charge in [0.1, 0.15) is 0 Å². The van der Waals surface area contributed by atoms with Crippen molar-refractivity contribution in [2.45, 2.75) is 25.7 Å². The Morgan fingerprint density at radius 3 is 1.67 bits per heavy atom. The summed E-state index contributed by atoms with van der Waals surface area (Å²) in [6.45, 7) is 0. The van der Waals surface area contributed by atoms with Crippen molar-refractivity contribution in [3.63, 3.8) is 0 Å². The molecule has 1 aliphatic rings. The highest BCUT2D eigenvalue weighted by molar-refractivity contribution is 5.70. The molecule has 1 saturated heterocycles. The maximum atomic E-state index is 10.6. The minimum absolute atomic E-state index is 0.205. The number of carbonyl (C=O) groups is 2. The predicted molar refractivity (Wildman–Crippen MR) is 32.8 cm³/mol. The van der Waals surface area contributed by atoms with Crippen LogP contribution in [0.4, 0.5) is 0 Å². The molecule has 0 aromatic rings.